The zero-order valence-corrected chi connectivity index (χ0v) is 16.2. The number of ether oxygens (including phenoxy) is 1. The Kier molecular flexibility index (Phi) is 3.91. The molecule has 3 heterocycles. The zero-order chi connectivity index (χ0) is 20.1. The second kappa shape index (κ2) is 6.38. The van der Waals surface area contributed by atoms with E-state index in [1.54, 1.807) is 17.1 Å². The summed E-state index contributed by atoms with van der Waals surface area (Å²) in [5.74, 6) is 0.626. The van der Waals surface area contributed by atoms with E-state index in [4.69, 9.17) is 10.00 Å². The Morgan fingerprint density at radius 3 is 2.72 bits per heavy atom. The zero-order valence-electron chi connectivity index (χ0n) is 16.2. The van der Waals surface area contributed by atoms with Crippen molar-refractivity contribution in [1.82, 2.24) is 15.0 Å². The molecule has 0 aromatic carbocycles. The number of pyridine rings is 2. The van der Waals surface area contributed by atoms with E-state index in [0.717, 1.165) is 30.5 Å². The predicted molar refractivity (Wildman–Crippen MR) is 105 cm³/mol. The fourth-order valence-corrected chi connectivity index (χ4v) is 4.91. The summed E-state index contributed by atoms with van der Waals surface area (Å²) in [6, 6.07) is 9.35. The summed E-state index contributed by atoms with van der Waals surface area (Å²) < 4.78 is 5.82. The third kappa shape index (κ3) is 2.87. The number of amides is 1. The van der Waals surface area contributed by atoms with Gasteiger partial charge in [-0.3, -0.25) is 9.78 Å². The molecule has 2 aromatic heterocycles. The standard InChI is InChI=1S/C22H21N5O2/c1-15-2-4-17(24-9-15)18-6-7-26-27(18)20(28)22-11-21(12-22,13-22)14-29-19-5-3-16(8-23)10-25-19/h2-5,7,9-10,18H,6,11-14H2,1H3. The number of aryl methyl sites for hydroxylation is 1. The third-order valence-electron chi connectivity index (χ3n) is 6.30. The number of hydrogen-bond donors (Lipinski definition) is 0. The van der Waals surface area contributed by atoms with Gasteiger partial charge in [0, 0.05) is 36.5 Å². The molecule has 3 fully saturated rings. The summed E-state index contributed by atoms with van der Waals surface area (Å²) in [6.45, 7) is 2.55. The normalized spacial score (nSPS) is 29.0. The molecular weight excluding hydrogens is 366 g/mol. The number of hydrazone groups is 1. The van der Waals surface area contributed by atoms with E-state index in [1.807, 2.05) is 37.5 Å². The van der Waals surface area contributed by atoms with E-state index in [9.17, 15) is 4.79 Å². The fraction of sp³-hybridized carbons (Fsp3) is 0.409. The van der Waals surface area contributed by atoms with Crippen molar-refractivity contribution in [3.8, 4) is 11.9 Å². The second-order valence-electron chi connectivity index (χ2n) is 8.56. The van der Waals surface area contributed by atoms with Gasteiger partial charge in [0.05, 0.1) is 23.3 Å². The molecule has 0 radical (unpaired) electrons. The highest BCUT2D eigenvalue weighted by molar-refractivity contribution is 5.88. The summed E-state index contributed by atoms with van der Waals surface area (Å²) in [7, 11) is 0. The van der Waals surface area contributed by atoms with Crippen molar-refractivity contribution < 1.29 is 9.53 Å². The smallest absolute Gasteiger partial charge is 0.249 e. The van der Waals surface area contributed by atoms with E-state index >= 15 is 0 Å². The Labute approximate surface area is 169 Å². The lowest BCUT2D eigenvalue weighted by atomic mass is 9.35. The number of rotatable bonds is 5. The van der Waals surface area contributed by atoms with Gasteiger partial charge in [-0.1, -0.05) is 6.07 Å². The summed E-state index contributed by atoms with van der Waals surface area (Å²) in [6.07, 6.45) is 8.34. The summed E-state index contributed by atoms with van der Waals surface area (Å²) in [5, 5.41) is 14.8. The average molecular weight is 387 g/mol. The lowest BCUT2D eigenvalue weighted by Crippen LogP contribution is -2.69. The van der Waals surface area contributed by atoms with Gasteiger partial charge in [0.15, 0.2) is 0 Å². The number of nitriles is 1. The van der Waals surface area contributed by atoms with Gasteiger partial charge in [-0.2, -0.15) is 10.4 Å². The van der Waals surface area contributed by atoms with Crippen molar-refractivity contribution in [2.45, 2.75) is 38.6 Å². The van der Waals surface area contributed by atoms with E-state index < -0.39 is 0 Å². The summed E-state index contributed by atoms with van der Waals surface area (Å²) >= 11 is 0. The van der Waals surface area contributed by atoms with E-state index in [0.29, 0.717) is 24.5 Å². The highest BCUT2D eigenvalue weighted by Gasteiger charge is 2.73. The van der Waals surface area contributed by atoms with Gasteiger partial charge in [0.25, 0.3) is 0 Å². The molecule has 4 aliphatic rings. The van der Waals surface area contributed by atoms with Crippen molar-refractivity contribution in [1.29, 1.82) is 5.26 Å². The Morgan fingerprint density at radius 2 is 2.07 bits per heavy atom. The molecule has 1 atom stereocenters. The van der Waals surface area contributed by atoms with Crippen molar-refractivity contribution in [2.75, 3.05) is 6.61 Å². The highest BCUT2D eigenvalue weighted by atomic mass is 16.5. The lowest BCUT2D eigenvalue weighted by molar-refractivity contribution is -0.227. The first-order chi connectivity index (χ1) is 14.0. The first kappa shape index (κ1) is 17.8. The van der Waals surface area contributed by atoms with E-state index in [1.165, 1.54) is 6.20 Å². The number of hydrogen-bond acceptors (Lipinski definition) is 6. The molecule has 1 unspecified atom stereocenters. The van der Waals surface area contributed by atoms with Crippen LogP contribution in [0.5, 0.6) is 5.88 Å². The van der Waals surface area contributed by atoms with Gasteiger partial charge in [-0.05, 0) is 43.9 Å². The monoisotopic (exact) mass is 387 g/mol. The van der Waals surface area contributed by atoms with Crippen LogP contribution in [0.25, 0.3) is 0 Å². The molecule has 3 saturated carbocycles. The number of aromatic nitrogens is 2. The van der Waals surface area contributed by atoms with Crippen LogP contribution >= 0.6 is 0 Å². The van der Waals surface area contributed by atoms with Crippen LogP contribution in [0.1, 0.15) is 48.5 Å². The van der Waals surface area contributed by atoms with Gasteiger partial charge in [-0.15, -0.1) is 0 Å². The average Bonchev–Trinajstić information content (AvgIpc) is 3.16. The second-order valence-corrected chi connectivity index (χ2v) is 8.56. The van der Waals surface area contributed by atoms with Gasteiger partial charge < -0.3 is 4.74 Å². The van der Waals surface area contributed by atoms with Crippen LogP contribution in [0.15, 0.2) is 41.8 Å². The van der Waals surface area contributed by atoms with Crippen molar-refractivity contribution in [3.05, 3.63) is 53.5 Å². The molecule has 1 aliphatic heterocycles. The fourth-order valence-electron chi connectivity index (χ4n) is 4.91. The largest absolute Gasteiger partial charge is 0.477 e. The third-order valence-corrected chi connectivity index (χ3v) is 6.30. The Bertz CT molecular complexity index is 1000. The molecule has 2 bridgehead atoms. The van der Waals surface area contributed by atoms with Crippen LogP contribution in [0.3, 0.4) is 0 Å². The maximum absolute atomic E-state index is 13.2. The predicted octanol–water partition coefficient (Wildman–Crippen LogP) is 3.17. The summed E-state index contributed by atoms with van der Waals surface area (Å²) in [5.41, 5.74) is 2.26. The molecule has 3 aliphatic carbocycles. The molecule has 29 heavy (non-hydrogen) atoms. The lowest BCUT2D eigenvalue weighted by Gasteiger charge is -2.69. The molecule has 2 aromatic rings. The van der Waals surface area contributed by atoms with E-state index in [2.05, 4.69) is 15.1 Å². The maximum Gasteiger partial charge on any atom is 0.249 e. The molecule has 7 heteroatoms. The van der Waals surface area contributed by atoms with Crippen LogP contribution < -0.4 is 4.74 Å². The Hall–Kier alpha value is -3.27. The van der Waals surface area contributed by atoms with Crippen LogP contribution in [-0.4, -0.2) is 33.7 Å². The van der Waals surface area contributed by atoms with Gasteiger partial charge >= 0.3 is 0 Å². The molecule has 7 nitrogen and oxygen atoms in total. The quantitative estimate of drug-likeness (QED) is 0.786. The van der Waals surface area contributed by atoms with Crippen molar-refractivity contribution in [2.24, 2.45) is 15.9 Å². The maximum atomic E-state index is 13.2. The van der Waals surface area contributed by atoms with Gasteiger partial charge in [0.1, 0.15) is 12.1 Å². The summed E-state index contributed by atoms with van der Waals surface area (Å²) in [4.78, 5) is 21.9. The first-order valence-electron chi connectivity index (χ1n) is 9.80. The van der Waals surface area contributed by atoms with Gasteiger partial charge in [-0.25, -0.2) is 9.99 Å². The number of carbonyl (C=O) groups excluding carboxylic acids is 1. The van der Waals surface area contributed by atoms with Crippen LogP contribution in [-0.2, 0) is 4.79 Å². The van der Waals surface area contributed by atoms with Crippen LogP contribution in [0.2, 0.25) is 0 Å². The Morgan fingerprint density at radius 1 is 1.24 bits per heavy atom. The number of nitrogens with zero attached hydrogens (tertiary/aromatic N) is 5. The topological polar surface area (TPSA) is 91.5 Å². The van der Waals surface area contributed by atoms with Gasteiger partial charge in [0.2, 0.25) is 11.8 Å². The highest BCUT2D eigenvalue weighted by Crippen LogP contribution is 2.74. The molecule has 0 N–H and O–H groups in total. The molecule has 0 spiro atoms. The van der Waals surface area contributed by atoms with E-state index in [-0.39, 0.29) is 22.8 Å². The first-order valence-corrected chi connectivity index (χ1v) is 9.80. The number of carbonyl (C=O) groups is 1. The van der Waals surface area contributed by atoms with Crippen molar-refractivity contribution in [3.63, 3.8) is 0 Å². The minimum absolute atomic E-state index is 0.0618. The molecular formula is C22H21N5O2. The minimum Gasteiger partial charge on any atom is -0.477 e. The minimum atomic E-state index is -0.300. The molecule has 146 valence electrons. The van der Waals surface area contributed by atoms with Crippen molar-refractivity contribution >= 4 is 12.1 Å². The van der Waals surface area contributed by atoms with Crippen LogP contribution in [0.4, 0.5) is 0 Å². The molecule has 6 rings (SSSR count). The Balaban J connectivity index is 1.20. The molecule has 0 saturated heterocycles. The SMILES string of the molecule is Cc1ccc(C2CC=NN2C(=O)C23CC(COc4ccc(C#N)cn4)(C2)C3)nc1. The molecule has 1 amide bonds. The van der Waals surface area contributed by atoms with Crippen LogP contribution in [0, 0.1) is 29.1 Å².